The van der Waals surface area contributed by atoms with Crippen LogP contribution in [-0.2, 0) is 13.0 Å². The van der Waals surface area contributed by atoms with Crippen LogP contribution in [0.15, 0.2) is 36.5 Å². The van der Waals surface area contributed by atoms with E-state index in [1.165, 1.54) is 15.4 Å². The summed E-state index contributed by atoms with van der Waals surface area (Å²) in [6, 6.07) is 10.4. The topological polar surface area (TPSA) is 50.9 Å². The van der Waals surface area contributed by atoms with Crippen LogP contribution in [0.5, 0.6) is 0 Å². The summed E-state index contributed by atoms with van der Waals surface area (Å²) in [5.74, 6) is 0. The van der Waals surface area contributed by atoms with Gasteiger partial charge in [-0.05, 0) is 31.4 Å². The van der Waals surface area contributed by atoms with Crippen molar-refractivity contribution in [2.24, 2.45) is 5.73 Å². The highest BCUT2D eigenvalue weighted by molar-refractivity contribution is 7.11. The molecule has 0 saturated carbocycles. The number of nitrogens with two attached hydrogens (primary N) is 1. The summed E-state index contributed by atoms with van der Waals surface area (Å²) in [5.41, 5.74) is 7.39. The average molecular weight is 289 g/mol. The molecule has 0 aliphatic carbocycles. The summed E-state index contributed by atoms with van der Waals surface area (Å²) < 4.78 is 0. The van der Waals surface area contributed by atoms with Crippen molar-refractivity contribution in [3.8, 4) is 0 Å². The Balaban J connectivity index is 1.62. The Morgan fingerprint density at radius 2 is 2.10 bits per heavy atom. The Bertz CT molecular complexity index is 495. The van der Waals surface area contributed by atoms with E-state index in [1.54, 1.807) is 11.3 Å². The van der Waals surface area contributed by atoms with E-state index in [0.717, 1.165) is 32.4 Å². The molecule has 3 N–H and O–H groups in total. The largest absolute Gasteiger partial charge is 0.324 e. The van der Waals surface area contributed by atoms with Gasteiger partial charge in [0.1, 0.15) is 5.01 Å². The Labute approximate surface area is 125 Å². The van der Waals surface area contributed by atoms with Gasteiger partial charge in [-0.25, -0.2) is 4.98 Å². The first-order valence-corrected chi connectivity index (χ1v) is 8.06. The van der Waals surface area contributed by atoms with E-state index < -0.39 is 0 Å². The van der Waals surface area contributed by atoms with Gasteiger partial charge in [0.2, 0.25) is 0 Å². The Hall–Kier alpha value is -1.23. The molecule has 3 nitrogen and oxygen atoms in total. The number of aromatic nitrogens is 1. The molecule has 1 aromatic carbocycles. The highest BCUT2D eigenvalue weighted by Gasteiger charge is 2.04. The molecule has 1 aromatic heterocycles. The van der Waals surface area contributed by atoms with Crippen LogP contribution in [0.2, 0.25) is 0 Å². The number of hydrogen-bond donors (Lipinski definition) is 2. The number of nitrogens with one attached hydrogen (secondary N) is 1. The molecule has 0 bridgehead atoms. The van der Waals surface area contributed by atoms with Gasteiger partial charge in [0.05, 0.1) is 0 Å². The third kappa shape index (κ3) is 4.71. The highest BCUT2D eigenvalue weighted by atomic mass is 32.1. The lowest BCUT2D eigenvalue weighted by Crippen LogP contribution is -2.17. The monoisotopic (exact) mass is 289 g/mol. The summed E-state index contributed by atoms with van der Waals surface area (Å²) in [6.45, 7) is 4.02. The molecular weight excluding hydrogens is 266 g/mol. The molecule has 0 aliphatic rings. The summed E-state index contributed by atoms with van der Waals surface area (Å²) in [6.07, 6.45) is 5.15. The zero-order valence-electron chi connectivity index (χ0n) is 12.0. The molecule has 1 atom stereocenters. The van der Waals surface area contributed by atoms with E-state index >= 15 is 0 Å². The number of aryl methyl sites for hydroxylation is 1. The summed E-state index contributed by atoms with van der Waals surface area (Å²) in [4.78, 5) is 5.75. The van der Waals surface area contributed by atoms with Crippen molar-refractivity contribution in [2.75, 3.05) is 6.54 Å². The van der Waals surface area contributed by atoms with E-state index in [-0.39, 0.29) is 6.04 Å². The van der Waals surface area contributed by atoms with Gasteiger partial charge in [-0.2, -0.15) is 0 Å². The number of rotatable bonds is 8. The van der Waals surface area contributed by atoms with Gasteiger partial charge < -0.3 is 11.1 Å². The maximum Gasteiger partial charge on any atom is 0.107 e. The molecular formula is C16H23N3S. The predicted octanol–water partition coefficient (Wildman–Crippen LogP) is 3.28. The smallest absolute Gasteiger partial charge is 0.107 e. The van der Waals surface area contributed by atoms with Crippen LogP contribution in [0.3, 0.4) is 0 Å². The summed E-state index contributed by atoms with van der Waals surface area (Å²) in [7, 11) is 0. The first-order valence-electron chi connectivity index (χ1n) is 7.24. The maximum absolute atomic E-state index is 6.17. The Morgan fingerprint density at radius 3 is 2.80 bits per heavy atom. The van der Waals surface area contributed by atoms with Crippen molar-refractivity contribution < 1.29 is 0 Å². The minimum absolute atomic E-state index is 0.143. The van der Waals surface area contributed by atoms with Gasteiger partial charge in [0, 0.05) is 23.7 Å². The molecule has 2 rings (SSSR count). The van der Waals surface area contributed by atoms with Crippen LogP contribution in [0.1, 0.15) is 41.3 Å². The number of benzene rings is 1. The van der Waals surface area contributed by atoms with Crippen molar-refractivity contribution in [1.29, 1.82) is 0 Å². The van der Waals surface area contributed by atoms with Crippen molar-refractivity contribution in [1.82, 2.24) is 10.3 Å². The molecule has 0 amide bonds. The van der Waals surface area contributed by atoms with E-state index in [4.69, 9.17) is 5.73 Å². The fourth-order valence-electron chi connectivity index (χ4n) is 2.10. The quantitative estimate of drug-likeness (QED) is 0.733. The van der Waals surface area contributed by atoms with Crippen LogP contribution < -0.4 is 11.1 Å². The van der Waals surface area contributed by atoms with Crippen LogP contribution in [-0.4, -0.2) is 11.5 Å². The minimum Gasteiger partial charge on any atom is -0.324 e. The zero-order chi connectivity index (χ0) is 14.2. The molecule has 0 saturated heterocycles. The zero-order valence-corrected chi connectivity index (χ0v) is 12.8. The minimum atomic E-state index is 0.143. The van der Waals surface area contributed by atoms with Crippen LogP contribution >= 0.6 is 11.3 Å². The summed E-state index contributed by atoms with van der Waals surface area (Å²) >= 11 is 1.80. The number of hydrogen-bond acceptors (Lipinski definition) is 4. The van der Waals surface area contributed by atoms with E-state index in [2.05, 4.69) is 29.4 Å². The second kappa shape index (κ2) is 8.15. The van der Waals surface area contributed by atoms with Crippen molar-refractivity contribution in [3.05, 3.63) is 52.0 Å². The van der Waals surface area contributed by atoms with Crippen LogP contribution in [0.4, 0.5) is 0 Å². The molecule has 0 fully saturated rings. The first kappa shape index (κ1) is 15.2. The van der Waals surface area contributed by atoms with Gasteiger partial charge in [0.25, 0.3) is 0 Å². The fourth-order valence-corrected chi connectivity index (χ4v) is 2.93. The van der Waals surface area contributed by atoms with Crippen molar-refractivity contribution in [3.63, 3.8) is 0 Å². The third-order valence-corrected chi connectivity index (χ3v) is 4.46. The molecule has 0 spiro atoms. The molecule has 0 radical (unpaired) electrons. The van der Waals surface area contributed by atoms with Gasteiger partial charge in [-0.15, -0.1) is 11.3 Å². The molecule has 2 aromatic rings. The van der Waals surface area contributed by atoms with E-state index in [9.17, 15) is 0 Å². The average Bonchev–Trinajstić information content (AvgIpc) is 2.95. The normalized spacial score (nSPS) is 12.5. The second-order valence-corrected chi connectivity index (χ2v) is 6.11. The second-order valence-electron chi connectivity index (χ2n) is 4.91. The Kier molecular flexibility index (Phi) is 6.18. The lowest BCUT2D eigenvalue weighted by molar-refractivity contribution is 0.566. The van der Waals surface area contributed by atoms with Gasteiger partial charge in [-0.1, -0.05) is 37.3 Å². The van der Waals surface area contributed by atoms with Crippen LogP contribution in [0, 0.1) is 0 Å². The molecule has 0 aliphatic heterocycles. The highest BCUT2D eigenvalue weighted by Crippen LogP contribution is 2.15. The van der Waals surface area contributed by atoms with Gasteiger partial charge in [0.15, 0.2) is 0 Å². The fraction of sp³-hybridized carbons (Fsp3) is 0.438. The third-order valence-electron chi connectivity index (χ3n) is 3.32. The molecule has 108 valence electrons. The SMILES string of the molecule is CCc1cnc(CNCCCC(N)c2ccccc2)s1. The first-order chi connectivity index (χ1) is 9.79. The van der Waals surface area contributed by atoms with Crippen LogP contribution in [0.25, 0.3) is 0 Å². The lowest BCUT2D eigenvalue weighted by Gasteiger charge is -2.11. The number of thiazole rings is 1. The molecule has 4 heteroatoms. The van der Waals surface area contributed by atoms with Crippen molar-refractivity contribution >= 4 is 11.3 Å². The standard InChI is InChI=1S/C16H23N3S/c1-2-14-11-19-16(20-14)12-18-10-6-9-15(17)13-7-4-3-5-8-13/h3-5,7-8,11,15,18H,2,6,9-10,12,17H2,1H3. The predicted molar refractivity (Wildman–Crippen MR) is 85.8 cm³/mol. The van der Waals surface area contributed by atoms with Gasteiger partial charge >= 0.3 is 0 Å². The molecule has 1 heterocycles. The summed E-state index contributed by atoms with van der Waals surface area (Å²) in [5, 5.41) is 4.61. The number of nitrogens with zero attached hydrogens (tertiary/aromatic N) is 1. The maximum atomic E-state index is 6.17. The van der Waals surface area contributed by atoms with E-state index in [1.807, 2.05) is 24.4 Å². The molecule has 20 heavy (non-hydrogen) atoms. The van der Waals surface area contributed by atoms with Crippen molar-refractivity contribution in [2.45, 2.75) is 38.8 Å². The lowest BCUT2D eigenvalue weighted by atomic mass is 10.0. The molecule has 1 unspecified atom stereocenters. The van der Waals surface area contributed by atoms with E-state index in [0.29, 0.717) is 0 Å². The van der Waals surface area contributed by atoms with Gasteiger partial charge in [-0.3, -0.25) is 0 Å². The Morgan fingerprint density at radius 1 is 1.30 bits per heavy atom.